The molecule has 0 spiro atoms. The van der Waals surface area contributed by atoms with E-state index < -0.39 is 0 Å². The molecule has 0 saturated heterocycles. The minimum Gasteiger partial charge on any atom is -0.383 e. The first-order chi connectivity index (χ1) is 6.72. The molecule has 0 fully saturated rings. The third-order valence-corrected chi connectivity index (χ3v) is 2.32. The lowest BCUT2D eigenvalue weighted by atomic mass is 10.1. The van der Waals surface area contributed by atoms with Gasteiger partial charge >= 0.3 is 0 Å². The van der Waals surface area contributed by atoms with Gasteiger partial charge in [-0.25, -0.2) is 9.97 Å². The minimum absolute atomic E-state index is 0.588. The van der Waals surface area contributed by atoms with Crippen molar-refractivity contribution >= 4 is 16.7 Å². The average molecular weight is 187 g/mol. The highest BCUT2D eigenvalue weighted by atomic mass is 14.9. The number of hydrogen-bond acceptors (Lipinski definition) is 3. The number of nitrogens with zero attached hydrogens (tertiary/aromatic N) is 2. The van der Waals surface area contributed by atoms with Gasteiger partial charge in [-0.3, -0.25) is 0 Å². The molecule has 0 aliphatic heterocycles. The van der Waals surface area contributed by atoms with Crippen molar-refractivity contribution in [1.29, 1.82) is 0 Å². The highest BCUT2D eigenvalue weighted by Crippen LogP contribution is 2.21. The van der Waals surface area contributed by atoms with Crippen molar-refractivity contribution in [3.05, 3.63) is 29.6 Å². The molecule has 0 saturated carbocycles. The Balaban J connectivity index is 2.83. The van der Waals surface area contributed by atoms with Crippen LogP contribution in [0.1, 0.15) is 18.3 Å². The van der Waals surface area contributed by atoms with Crippen molar-refractivity contribution < 1.29 is 0 Å². The van der Waals surface area contributed by atoms with E-state index in [1.807, 2.05) is 32.0 Å². The normalized spacial score (nSPS) is 10.7. The summed E-state index contributed by atoms with van der Waals surface area (Å²) in [4.78, 5) is 8.67. The Morgan fingerprint density at radius 1 is 1.29 bits per heavy atom. The van der Waals surface area contributed by atoms with E-state index in [4.69, 9.17) is 5.73 Å². The standard InChI is InChI=1S/C11H13N3/c1-3-9-13-8-6-4-5-7(2)10(8)11(12)14-9/h4-6H,3H2,1-2H3,(H2,12,13,14). The number of aromatic nitrogens is 2. The van der Waals surface area contributed by atoms with Crippen LogP contribution < -0.4 is 5.73 Å². The monoisotopic (exact) mass is 187 g/mol. The Bertz CT molecular complexity index is 477. The van der Waals surface area contributed by atoms with Gasteiger partial charge in [-0.1, -0.05) is 19.1 Å². The van der Waals surface area contributed by atoms with Crippen LogP contribution in [0, 0.1) is 6.92 Å². The van der Waals surface area contributed by atoms with E-state index in [1.54, 1.807) is 0 Å². The molecule has 0 atom stereocenters. The van der Waals surface area contributed by atoms with Crippen LogP contribution in [0.15, 0.2) is 18.2 Å². The summed E-state index contributed by atoms with van der Waals surface area (Å²) < 4.78 is 0. The first-order valence-electron chi connectivity index (χ1n) is 4.74. The summed E-state index contributed by atoms with van der Waals surface area (Å²) in [5.74, 6) is 1.39. The summed E-state index contributed by atoms with van der Waals surface area (Å²) in [6, 6.07) is 5.98. The van der Waals surface area contributed by atoms with Gasteiger partial charge in [0.25, 0.3) is 0 Å². The van der Waals surface area contributed by atoms with Crippen molar-refractivity contribution in [3.8, 4) is 0 Å². The Morgan fingerprint density at radius 3 is 2.79 bits per heavy atom. The zero-order valence-electron chi connectivity index (χ0n) is 8.41. The smallest absolute Gasteiger partial charge is 0.135 e. The first kappa shape index (κ1) is 8.94. The third kappa shape index (κ3) is 1.31. The molecule has 2 N–H and O–H groups in total. The third-order valence-electron chi connectivity index (χ3n) is 2.32. The van der Waals surface area contributed by atoms with E-state index in [0.29, 0.717) is 5.82 Å². The van der Waals surface area contributed by atoms with Crippen LogP contribution >= 0.6 is 0 Å². The molecular formula is C11H13N3. The van der Waals surface area contributed by atoms with Gasteiger partial charge in [-0.05, 0) is 18.6 Å². The Kier molecular flexibility index (Phi) is 2.08. The van der Waals surface area contributed by atoms with Crippen molar-refractivity contribution in [2.45, 2.75) is 20.3 Å². The maximum absolute atomic E-state index is 5.88. The maximum atomic E-state index is 5.88. The Morgan fingerprint density at radius 2 is 2.07 bits per heavy atom. The van der Waals surface area contributed by atoms with E-state index in [-0.39, 0.29) is 0 Å². The fourth-order valence-electron chi connectivity index (χ4n) is 1.60. The molecule has 72 valence electrons. The fraction of sp³-hybridized carbons (Fsp3) is 0.273. The van der Waals surface area contributed by atoms with E-state index in [0.717, 1.165) is 28.7 Å². The van der Waals surface area contributed by atoms with Gasteiger partial charge in [-0.2, -0.15) is 0 Å². The van der Waals surface area contributed by atoms with Crippen LogP contribution in [0.2, 0.25) is 0 Å². The van der Waals surface area contributed by atoms with Crippen molar-refractivity contribution in [1.82, 2.24) is 9.97 Å². The SMILES string of the molecule is CCc1nc(N)c2c(C)cccc2n1. The second-order valence-corrected chi connectivity index (χ2v) is 3.35. The molecule has 0 amide bonds. The summed E-state index contributed by atoms with van der Waals surface area (Å²) in [7, 11) is 0. The highest BCUT2D eigenvalue weighted by molar-refractivity contribution is 5.90. The molecule has 2 rings (SSSR count). The van der Waals surface area contributed by atoms with Crippen LogP contribution in [0.25, 0.3) is 10.9 Å². The van der Waals surface area contributed by atoms with Crippen LogP contribution in [0.5, 0.6) is 0 Å². The lowest BCUT2D eigenvalue weighted by Crippen LogP contribution is -2.00. The molecule has 0 unspecified atom stereocenters. The summed E-state index contributed by atoms with van der Waals surface area (Å²) in [6.45, 7) is 4.05. The van der Waals surface area contributed by atoms with Crippen LogP contribution in [0.4, 0.5) is 5.82 Å². The van der Waals surface area contributed by atoms with E-state index in [1.165, 1.54) is 0 Å². The lowest BCUT2D eigenvalue weighted by molar-refractivity contribution is 0.965. The maximum Gasteiger partial charge on any atom is 0.135 e. The fourth-order valence-corrected chi connectivity index (χ4v) is 1.60. The van der Waals surface area contributed by atoms with Gasteiger partial charge in [0.2, 0.25) is 0 Å². The molecule has 0 aliphatic carbocycles. The van der Waals surface area contributed by atoms with Crippen molar-refractivity contribution in [3.63, 3.8) is 0 Å². The van der Waals surface area contributed by atoms with Crippen molar-refractivity contribution in [2.24, 2.45) is 0 Å². The molecule has 0 radical (unpaired) electrons. The number of anilines is 1. The second-order valence-electron chi connectivity index (χ2n) is 3.35. The molecule has 1 heterocycles. The largest absolute Gasteiger partial charge is 0.383 e. The van der Waals surface area contributed by atoms with E-state index in [9.17, 15) is 0 Å². The van der Waals surface area contributed by atoms with Crippen LogP contribution in [0.3, 0.4) is 0 Å². The van der Waals surface area contributed by atoms with Gasteiger partial charge < -0.3 is 5.73 Å². The summed E-state index contributed by atoms with van der Waals surface area (Å²) >= 11 is 0. The number of hydrogen-bond donors (Lipinski definition) is 1. The predicted molar refractivity (Wildman–Crippen MR) is 58.1 cm³/mol. The zero-order chi connectivity index (χ0) is 10.1. The molecule has 2 aromatic rings. The average Bonchev–Trinajstić information content (AvgIpc) is 2.17. The Labute approximate surface area is 83.0 Å². The van der Waals surface area contributed by atoms with Crippen LogP contribution in [-0.4, -0.2) is 9.97 Å². The molecule has 0 bridgehead atoms. The molecule has 1 aromatic carbocycles. The number of nitrogen functional groups attached to an aromatic ring is 1. The molecule has 3 heteroatoms. The molecule has 3 nitrogen and oxygen atoms in total. The zero-order valence-corrected chi connectivity index (χ0v) is 8.41. The Hall–Kier alpha value is -1.64. The van der Waals surface area contributed by atoms with Gasteiger partial charge in [0.1, 0.15) is 11.6 Å². The van der Waals surface area contributed by atoms with Crippen LogP contribution in [-0.2, 0) is 6.42 Å². The van der Waals surface area contributed by atoms with Gasteiger partial charge in [0, 0.05) is 11.8 Å². The number of rotatable bonds is 1. The van der Waals surface area contributed by atoms with Gasteiger partial charge in [0.05, 0.1) is 5.52 Å². The molecule has 0 aliphatic rings. The molecular weight excluding hydrogens is 174 g/mol. The number of aryl methyl sites for hydroxylation is 2. The highest BCUT2D eigenvalue weighted by Gasteiger charge is 2.05. The number of fused-ring (bicyclic) bond motifs is 1. The number of nitrogens with two attached hydrogens (primary N) is 1. The minimum atomic E-state index is 0.588. The molecule has 14 heavy (non-hydrogen) atoms. The van der Waals surface area contributed by atoms with Crippen molar-refractivity contribution in [2.75, 3.05) is 5.73 Å². The summed E-state index contributed by atoms with van der Waals surface area (Å²) in [5, 5.41) is 0.977. The second kappa shape index (κ2) is 3.25. The summed E-state index contributed by atoms with van der Waals surface area (Å²) in [5.41, 5.74) is 7.95. The first-order valence-corrected chi connectivity index (χ1v) is 4.74. The summed E-state index contributed by atoms with van der Waals surface area (Å²) in [6.07, 6.45) is 0.814. The van der Waals surface area contributed by atoms with E-state index >= 15 is 0 Å². The lowest BCUT2D eigenvalue weighted by Gasteiger charge is -2.05. The predicted octanol–water partition coefficient (Wildman–Crippen LogP) is 2.08. The van der Waals surface area contributed by atoms with E-state index in [2.05, 4.69) is 9.97 Å². The number of benzene rings is 1. The van der Waals surface area contributed by atoms with Gasteiger partial charge in [-0.15, -0.1) is 0 Å². The van der Waals surface area contributed by atoms with Gasteiger partial charge in [0.15, 0.2) is 0 Å². The molecule has 1 aromatic heterocycles. The topological polar surface area (TPSA) is 51.8 Å². The quantitative estimate of drug-likeness (QED) is 0.743.